The number of alkyl halides is 3. The van der Waals surface area contributed by atoms with Crippen LogP contribution < -0.4 is 0 Å². The highest BCUT2D eigenvalue weighted by Gasteiger charge is 2.35. The molecule has 0 amide bonds. The van der Waals surface area contributed by atoms with E-state index in [1.54, 1.807) is 0 Å². The van der Waals surface area contributed by atoms with Crippen molar-refractivity contribution in [3.8, 4) is 0 Å². The number of aromatic nitrogens is 4. The predicted molar refractivity (Wildman–Crippen MR) is 72.8 cm³/mol. The Morgan fingerprint density at radius 1 is 1.23 bits per heavy atom. The van der Waals surface area contributed by atoms with Gasteiger partial charge in [-0.25, -0.2) is 15.0 Å². The zero-order valence-electron chi connectivity index (χ0n) is 12.4. The van der Waals surface area contributed by atoms with Gasteiger partial charge in [-0.2, -0.15) is 13.2 Å². The number of hydrogen-bond acceptors (Lipinski definition) is 4. The van der Waals surface area contributed by atoms with Crippen molar-refractivity contribution in [1.29, 1.82) is 0 Å². The molecule has 2 aromatic rings. The molecule has 118 valence electrons. The van der Waals surface area contributed by atoms with Gasteiger partial charge in [0.1, 0.15) is 5.82 Å². The number of nitrogens with zero attached hydrogens (tertiary/aromatic N) is 5. The van der Waals surface area contributed by atoms with Gasteiger partial charge >= 0.3 is 6.18 Å². The molecular formula is C14H16F3N5. The molecule has 3 rings (SSSR count). The Labute approximate surface area is 125 Å². The van der Waals surface area contributed by atoms with Gasteiger partial charge in [0.25, 0.3) is 0 Å². The lowest BCUT2D eigenvalue weighted by Gasteiger charge is -2.28. The summed E-state index contributed by atoms with van der Waals surface area (Å²) in [6.07, 6.45) is -0.865. The first-order valence-electron chi connectivity index (χ1n) is 6.96. The molecule has 0 bridgehead atoms. The molecule has 0 saturated carbocycles. The maximum atomic E-state index is 12.6. The van der Waals surface area contributed by atoms with E-state index in [0.717, 1.165) is 17.1 Å². The van der Waals surface area contributed by atoms with Crippen molar-refractivity contribution in [2.75, 3.05) is 6.54 Å². The molecule has 0 saturated heterocycles. The maximum Gasteiger partial charge on any atom is 0.451 e. The second-order valence-electron chi connectivity index (χ2n) is 5.48. The predicted octanol–water partition coefficient (Wildman–Crippen LogP) is 2.10. The van der Waals surface area contributed by atoms with Gasteiger partial charge in [-0.15, -0.1) is 0 Å². The van der Waals surface area contributed by atoms with Crippen molar-refractivity contribution in [2.45, 2.75) is 32.6 Å². The molecule has 0 fully saturated rings. The molecule has 0 unspecified atom stereocenters. The van der Waals surface area contributed by atoms with Crippen LogP contribution >= 0.6 is 0 Å². The van der Waals surface area contributed by atoms with Gasteiger partial charge in [-0.1, -0.05) is 0 Å². The third-order valence-electron chi connectivity index (χ3n) is 3.97. The van der Waals surface area contributed by atoms with Crippen molar-refractivity contribution in [1.82, 2.24) is 24.4 Å². The lowest BCUT2D eigenvalue weighted by atomic mass is 10.1. The van der Waals surface area contributed by atoms with E-state index >= 15 is 0 Å². The van der Waals surface area contributed by atoms with E-state index in [-0.39, 0.29) is 0 Å². The van der Waals surface area contributed by atoms with E-state index in [4.69, 9.17) is 0 Å². The Bertz CT molecular complexity index is 692. The fourth-order valence-corrected chi connectivity index (χ4v) is 2.57. The van der Waals surface area contributed by atoms with Crippen molar-refractivity contribution in [3.63, 3.8) is 0 Å². The van der Waals surface area contributed by atoms with Crippen molar-refractivity contribution in [2.24, 2.45) is 7.05 Å². The minimum Gasteiger partial charge on any atom is -0.334 e. The minimum absolute atomic E-state index is 0.498. The Morgan fingerprint density at radius 3 is 2.64 bits per heavy atom. The average Bonchev–Trinajstić information content (AvgIpc) is 2.78. The van der Waals surface area contributed by atoms with E-state index in [0.29, 0.717) is 31.7 Å². The molecule has 2 aromatic heterocycles. The summed E-state index contributed by atoms with van der Waals surface area (Å²) < 4.78 is 39.9. The standard InChI is InChI=1S/C14H16F3N5/c1-9-18-6-11(21(9)2)8-22-4-3-12-10(7-22)5-19-13(20-12)14(15,16)17/h5-6H,3-4,7-8H2,1-2H3. The topological polar surface area (TPSA) is 46.8 Å². The maximum absolute atomic E-state index is 12.6. The number of fused-ring (bicyclic) bond motifs is 1. The van der Waals surface area contributed by atoms with Crippen LogP contribution in [0.15, 0.2) is 12.4 Å². The Hall–Kier alpha value is -1.96. The molecule has 22 heavy (non-hydrogen) atoms. The number of imidazole rings is 1. The van der Waals surface area contributed by atoms with Crippen LogP contribution in [0.2, 0.25) is 0 Å². The Balaban J connectivity index is 1.76. The lowest BCUT2D eigenvalue weighted by molar-refractivity contribution is -0.145. The normalized spacial score (nSPS) is 15.9. The highest BCUT2D eigenvalue weighted by atomic mass is 19.4. The molecule has 0 radical (unpaired) electrons. The van der Waals surface area contributed by atoms with Crippen LogP contribution in [-0.2, 0) is 32.7 Å². The molecule has 0 N–H and O–H groups in total. The van der Waals surface area contributed by atoms with Gasteiger partial charge in [0.15, 0.2) is 0 Å². The zero-order valence-corrected chi connectivity index (χ0v) is 12.4. The first-order chi connectivity index (χ1) is 10.3. The fraction of sp³-hybridized carbons (Fsp3) is 0.500. The molecule has 5 nitrogen and oxygen atoms in total. The first kappa shape index (κ1) is 15.0. The van der Waals surface area contributed by atoms with Crippen LogP contribution in [-0.4, -0.2) is 31.0 Å². The molecule has 0 atom stereocenters. The van der Waals surface area contributed by atoms with Crippen LogP contribution in [0.25, 0.3) is 0 Å². The number of hydrogen-bond donors (Lipinski definition) is 0. The summed E-state index contributed by atoms with van der Waals surface area (Å²) in [5, 5.41) is 0. The smallest absolute Gasteiger partial charge is 0.334 e. The van der Waals surface area contributed by atoms with E-state index in [2.05, 4.69) is 19.9 Å². The van der Waals surface area contributed by atoms with Crippen LogP contribution in [0.1, 0.15) is 28.6 Å². The summed E-state index contributed by atoms with van der Waals surface area (Å²) >= 11 is 0. The average molecular weight is 311 g/mol. The van der Waals surface area contributed by atoms with Crippen molar-refractivity contribution in [3.05, 3.63) is 41.0 Å². The van der Waals surface area contributed by atoms with Crippen molar-refractivity contribution >= 4 is 0 Å². The van der Waals surface area contributed by atoms with Gasteiger partial charge in [0, 0.05) is 51.1 Å². The van der Waals surface area contributed by atoms with Crippen molar-refractivity contribution < 1.29 is 13.2 Å². The van der Waals surface area contributed by atoms with Crippen LogP contribution in [0.3, 0.4) is 0 Å². The van der Waals surface area contributed by atoms with Gasteiger partial charge in [-0.05, 0) is 6.92 Å². The second kappa shape index (κ2) is 5.35. The van der Waals surface area contributed by atoms with Crippen LogP contribution in [0.4, 0.5) is 13.2 Å². The summed E-state index contributed by atoms with van der Waals surface area (Å²) in [4.78, 5) is 13.5. The van der Waals surface area contributed by atoms with Gasteiger partial charge in [0.2, 0.25) is 5.82 Å². The summed E-state index contributed by atoms with van der Waals surface area (Å²) in [5.74, 6) is -0.118. The van der Waals surface area contributed by atoms with Gasteiger partial charge < -0.3 is 4.57 Å². The Morgan fingerprint density at radius 2 is 2.00 bits per heavy atom. The molecule has 8 heteroatoms. The Kier molecular flexibility index (Phi) is 3.64. The third-order valence-corrected chi connectivity index (χ3v) is 3.97. The van der Waals surface area contributed by atoms with Gasteiger partial charge in [0.05, 0.1) is 11.4 Å². The van der Waals surface area contributed by atoms with E-state index in [9.17, 15) is 13.2 Å². The summed E-state index contributed by atoms with van der Waals surface area (Å²) in [6.45, 7) is 3.86. The van der Waals surface area contributed by atoms with Gasteiger partial charge in [-0.3, -0.25) is 4.90 Å². The second-order valence-corrected chi connectivity index (χ2v) is 5.48. The number of aryl methyl sites for hydroxylation is 1. The summed E-state index contributed by atoms with van der Waals surface area (Å²) in [7, 11) is 1.95. The third kappa shape index (κ3) is 2.83. The molecule has 1 aliphatic heterocycles. The SMILES string of the molecule is Cc1ncc(CN2CCc3nc(C(F)(F)F)ncc3C2)n1C. The van der Waals surface area contributed by atoms with E-state index in [1.165, 1.54) is 6.20 Å². The molecule has 3 heterocycles. The highest BCUT2D eigenvalue weighted by molar-refractivity contribution is 5.21. The monoisotopic (exact) mass is 311 g/mol. The highest BCUT2D eigenvalue weighted by Crippen LogP contribution is 2.28. The molecule has 0 spiro atoms. The molecule has 0 aliphatic carbocycles. The molecule has 1 aliphatic rings. The lowest BCUT2D eigenvalue weighted by Crippen LogP contribution is -2.32. The quantitative estimate of drug-likeness (QED) is 0.852. The summed E-state index contributed by atoms with van der Waals surface area (Å²) in [6, 6.07) is 0. The minimum atomic E-state index is -4.49. The zero-order chi connectivity index (χ0) is 15.9. The van der Waals surface area contributed by atoms with Crippen LogP contribution in [0, 0.1) is 6.92 Å². The molecule has 0 aromatic carbocycles. The first-order valence-corrected chi connectivity index (χ1v) is 6.96. The molecular weight excluding hydrogens is 295 g/mol. The van der Waals surface area contributed by atoms with E-state index in [1.807, 2.05) is 24.7 Å². The number of rotatable bonds is 2. The van der Waals surface area contributed by atoms with Crippen LogP contribution in [0.5, 0.6) is 0 Å². The summed E-state index contributed by atoms with van der Waals surface area (Å²) in [5.41, 5.74) is 2.34. The number of halogens is 3. The fourth-order valence-electron chi connectivity index (χ4n) is 2.57. The largest absolute Gasteiger partial charge is 0.451 e. The van der Waals surface area contributed by atoms with E-state index < -0.39 is 12.0 Å².